The van der Waals surface area contributed by atoms with Crippen LogP contribution in [-0.2, 0) is 0 Å². The molecule has 0 saturated heterocycles. The number of nitrogens with two attached hydrogens (primary N) is 1. The summed E-state index contributed by atoms with van der Waals surface area (Å²) in [4.78, 5) is 4.19. The van der Waals surface area contributed by atoms with Gasteiger partial charge in [0.15, 0.2) is 5.96 Å². The number of hydrogen-bond donors (Lipinski definition) is 2. The summed E-state index contributed by atoms with van der Waals surface area (Å²) in [5, 5.41) is 3.15. The second-order valence-corrected chi connectivity index (χ2v) is 4.59. The zero-order chi connectivity index (χ0) is 13.1. The van der Waals surface area contributed by atoms with E-state index in [-0.39, 0.29) is 12.0 Å². The van der Waals surface area contributed by atoms with Gasteiger partial charge in [-0.25, -0.2) is 4.39 Å². The Morgan fingerprint density at radius 1 is 1.61 bits per heavy atom. The molecule has 3 nitrogen and oxygen atoms in total. The van der Waals surface area contributed by atoms with E-state index >= 15 is 0 Å². The Balaban J connectivity index is 2.15. The number of nitrogens with one attached hydrogen (secondary N) is 1. The lowest BCUT2D eigenvalue weighted by Gasteiger charge is -2.15. The molecule has 1 atom stereocenters. The first-order valence-corrected chi connectivity index (χ1v) is 5.99. The molecule has 18 heavy (non-hydrogen) atoms. The Bertz CT molecular complexity index is 517. The van der Waals surface area contributed by atoms with Crippen molar-refractivity contribution >= 4 is 17.6 Å². The highest BCUT2D eigenvalue weighted by Gasteiger charge is 2.21. The number of benzene rings is 1. The number of guanidine groups is 1. The van der Waals surface area contributed by atoms with Crippen LogP contribution in [0.5, 0.6) is 0 Å². The van der Waals surface area contributed by atoms with Crippen LogP contribution in [0.25, 0.3) is 0 Å². The maximum Gasteiger partial charge on any atom is 0.190 e. The van der Waals surface area contributed by atoms with Gasteiger partial charge in [-0.05, 0) is 25.0 Å². The Labute approximate surface area is 110 Å². The molecule has 1 aliphatic carbocycles. The molecular weight excluding hydrogens is 253 g/mol. The van der Waals surface area contributed by atoms with Crippen molar-refractivity contribution in [1.82, 2.24) is 5.32 Å². The zero-order valence-corrected chi connectivity index (χ0v) is 10.4. The van der Waals surface area contributed by atoms with Gasteiger partial charge in [-0.2, -0.15) is 0 Å². The van der Waals surface area contributed by atoms with Crippen LogP contribution in [0.15, 0.2) is 23.2 Å². The van der Waals surface area contributed by atoms with Crippen molar-refractivity contribution in [2.45, 2.75) is 24.9 Å². The molecule has 0 bridgehead atoms. The molecule has 2 rings (SSSR count). The van der Waals surface area contributed by atoms with E-state index in [0.717, 1.165) is 12.8 Å². The molecule has 5 heteroatoms. The van der Waals surface area contributed by atoms with Gasteiger partial charge in [-0.15, -0.1) is 6.42 Å². The Morgan fingerprint density at radius 3 is 2.89 bits per heavy atom. The van der Waals surface area contributed by atoms with Gasteiger partial charge in [0.25, 0.3) is 0 Å². The molecule has 94 valence electrons. The Morgan fingerprint density at radius 2 is 2.33 bits per heavy atom. The van der Waals surface area contributed by atoms with Crippen LogP contribution < -0.4 is 11.1 Å². The smallest absolute Gasteiger partial charge is 0.190 e. The highest BCUT2D eigenvalue weighted by Crippen LogP contribution is 2.24. The van der Waals surface area contributed by atoms with E-state index in [0.29, 0.717) is 10.6 Å². The van der Waals surface area contributed by atoms with Crippen LogP contribution in [0.3, 0.4) is 0 Å². The summed E-state index contributed by atoms with van der Waals surface area (Å²) >= 11 is 5.69. The van der Waals surface area contributed by atoms with Gasteiger partial charge in [0.05, 0.1) is 6.04 Å². The fourth-order valence-electron chi connectivity index (χ4n) is 1.53. The van der Waals surface area contributed by atoms with Gasteiger partial charge in [-0.1, -0.05) is 23.6 Å². The maximum absolute atomic E-state index is 13.7. The average molecular weight is 266 g/mol. The van der Waals surface area contributed by atoms with Crippen molar-refractivity contribution in [3.05, 3.63) is 34.6 Å². The monoisotopic (exact) mass is 265 g/mol. The lowest BCUT2D eigenvalue weighted by Crippen LogP contribution is -2.35. The molecule has 0 heterocycles. The van der Waals surface area contributed by atoms with E-state index in [1.54, 1.807) is 12.1 Å². The quantitative estimate of drug-likeness (QED) is 0.500. The number of rotatable bonds is 3. The van der Waals surface area contributed by atoms with E-state index in [1.165, 1.54) is 6.07 Å². The molecule has 0 amide bonds. The summed E-state index contributed by atoms with van der Waals surface area (Å²) < 4.78 is 13.7. The van der Waals surface area contributed by atoms with Crippen molar-refractivity contribution < 1.29 is 4.39 Å². The van der Waals surface area contributed by atoms with Gasteiger partial charge >= 0.3 is 0 Å². The average Bonchev–Trinajstić information content (AvgIpc) is 3.10. The Hall–Kier alpha value is -1.73. The molecule has 0 aliphatic heterocycles. The molecule has 0 aromatic heterocycles. The van der Waals surface area contributed by atoms with Gasteiger partial charge in [-0.3, -0.25) is 4.99 Å². The summed E-state index contributed by atoms with van der Waals surface area (Å²) in [6, 6.07) is 3.98. The normalized spacial score (nSPS) is 17.1. The molecule has 1 aliphatic rings. The molecule has 0 radical (unpaired) electrons. The van der Waals surface area contributed by atoms with E-state index in [2.05, 4.69) is 16.2 Å². The molecular formula is C13H13ClFN3. The van der Waals surface area contributed by atoms with E-state index in [4.69, 9.17) is 23.8 Å². The standard InChI is InChI=1S/C13H13ClFN3/c1-2-12(18-13(16)17-9-4-5-9)10-6-3-8(14)7-11(10)15/h1,3,6-7,9,12H,4-5H2,(H3,16,17,18). The summed E-state index contributed by atoms with van der Waals surface area (Å²) in [6.07, 6.45) is 7.46. The molecule has 3 N–H and O–H groups in total. The summed E-state index contributed by atoms with van der Waals surface area (Å²) in [6.45, 7) is 0. The molecule has 0 spiro atoms. The third-order valence-electron chi connectivity index (χ3n) is 2.60. The lowest BCUT2D eigenvalue weighted by molar-refractivity contribution is 0.596. The first-order chi connectivity index (χ1) is 8.60. The second kappa shape index (κ2) is 5.28. The SMILES string of the molecule is C#CC(NC(N)=NC1CC1)c1ccc(Cl)cc1F. The van der Waals surface area contributed by atoms with Crippen LogP contribution in [0, 0.1) is 18.2 Å². The minimum atomic E-state index is -0.648. The minimum absolute atomic E-state index is 0.245. The lowest BCUT2D eigenvalue weighted by atomic mass is 10.1. The van der Waals surface area contributed by atoms with Crippen molar-refractivity contribution in [3.8, 4) is 12.3 Å². The van der Waals surface area contributed by atoms with Crippen molar-refractivity contribution in [1.29, 1.82) is 0 Å². The topological polar surface area (TPSA) is 50.4 Å². The Kier molecular flexibility index (Phi) is 3.73. The molecule has 1 saturated carbocycles. The maximum atomic E-state index is 13.7. The molecule has 1 fully saturated rings. The largest absolute Gasteiger partial charge is 0.370 e. The molecule has 1 aromatic rings. The van der Waals surface area contributed by atoms with Crippen LogP contribution in [0.4, 0.5) is 4.39 Å². The number of nitrogens with zero attached hydrogens (tertiary/aromatic N) is 1. The zero-order valence-electron chi connectivity index (χ0n) is 9.66. The van der Waals surface area contributed by atoms with E-state index in [1.807, 2.05) is 0 Å². The van der Waals surface area contributed by atoms with Crippen LogP contribution in [-0.4, -0.2) is 12.0 Å². The van der Waals surface area contributed by atoms with Crippen molar-refractivity contribution in [2.75, 3.05) is 0 Å². The summed E-state index contributed by atoms with van der Waals surface area (Å²) in [7, 11) is 0. The van der Waals surface area contributed by atoms with Crippen LogP contribution in [0.2, 0.25) is 5.02 Å². The van der Waals surface area contributed by atoms with Crippen LogP contribution in [0.1, 0.15) is 24.4 Å². The highest BCUT2D eigenvalue weighted by atomic mass is 35.5. The first kappa shape index (κ1) is 12.7. The van der Waals surface area contributed by atoms with Gasteiger partial charge < -0.3 is 11.1 Å². The number of aliphatic imine (C=N–C) groups is 1. The van der Waals surface area contributed by atoms with Gasteiger partial charge in [0, 0.05) is 10.6 Å². The first-order valence-electron chi connectivity index (χ1n) is 5.61. The summed E-state index contributed by atoms with van der Waals surface area (Å²) in [5.74, 6) is 2.23. The molecule has 1 unspecified atom stereocenters. The minimum Gasteiger partial charge on any atom is -0.370 e. The fourth-order valence-corrected chi connectivity index (χ4v) is 1.69. The highest BCUT2D eigenvalue weighted by molar-refractivity contribution is 6.30. The fraction of sp³-hybridized carbons (Fsp3) is 0.308. The van der Waals surface area contributed by atoms with Crippen LogP contribution >= 0.6 is 11.6 Å². The second-order valence-electron chi connectivity index (χ2n) is 4.16. The summed E-state index contributed by atoms with van der Waals surface area (Å²) in [5.41, 5.74) is 6.03. The molecule has 1 aromatic carbocycles. The van der Waals surface area contributed by atoms with E-state index in [9.17, 15) is 4.39 Å². The third-order valence-corrected chi connectivity index (χ3v) is 2.84. The predicted molar refractivity (Wildman–Crippen MR) is 70.8 cm³/mol. The predicted octanol–water partition coefficient (Wildman–Crippen LogP) is 2.22. The van der Waals surface area contributed by atoms with Crippen molar-refractivity contribution in [2.24, 2.45) is 10.7 Å². The van der Waals surface area contributed by atoms with E-state index < -0.39 is 11.9 Å². The van der Waals surface area contributed by atoms with Crippen molar-refractivity contribution in [3.63, 3.8) is 0 Å². The number of hydrogen-bond acceptors (Lipinski definition) is 1. The number of halogens is 2. The van der Waals surface area contributed by atoms with Gasteiger partial charge in [0.2, 0.25) is 0 Å². The number of terminal acetylenes is 1. The third kappa shape index (κ3) is 3.14. The van der Waals surface area contributed by atoms with Gasteiger partial charge in [0.1, 0.15) is 11.9 Å².